The molecule has 1 fully saturated rings. The molecule has 0 saturated carbocycles. The second kappa shape index (κ2) is 7.08. The molecule has 3 rings (SSSR count). The van der Waals surface area contributed by atoms with Gasteiger partial charge in [-0.1, -0.05) is 12.1 Å². The van der Waals surface area contributed by atoms with E-state index in [2.05, 4.69) is 15.3 Å². The van der Waals surface area contributed by atoms with E-state index in [4.69, 9.17) is 0 Å². The SMILES string of the molecule is O=C(Nc1cnccn1)C1CCN(C(=O)c2ccccc2O)CC1. The lowest BCUT2D eigenvalue weighted by molar-refractivity contribution is -0.121. The average Bonchev–Trinajstić information content (AvgIpc) is 2.62. The van der Waals surface area contributed by atoms with Crippen LogP contribution in [0.3, 0.4) is 0 Å². The molecule has 7 nitrogen and oxygen atoms in total. The summed E-state index contributed by atoms with van der Waals surface area (Å²) in [6.07, 6.45) is 5.70. The minimum atomic E-state index is -0.208. The molecule has 2 N–H and O–H groups in total. The lowest BCUT2D eigenvalue weighted by Gasteiger charge is -2.31. The number of aromatic nitrogens is 2. The van der Waals surface area contributed by atoms with Gasteiger partial charge in [0.15, 0.2) is 5.82 Å². The highest BCUT2D eigenvalue weighted by molar-refractivity contribution is 5.97. The van der Waals surface area contributed by atoms with Gasteiger partial charge in [0.25, 0.3) is 5.91 Å². The number of phenols is 1. The van der Waals surface area contributed by atoms with Gasteiger partial charge in [0.05, 0.1) is 11.8 Å². The highest BCUT2D eigenvalue weighted by atomic mass is 16.3. The Morgan fingerprint density at radius 2 is 1.92 bits per heavy atom. The van der Waals surface area contributed by atoms with E-state index in [0.29, 0.717) is 37.3 Å². The zero-order chi connectivity index (χ0) is 16.9. The van der Waals surface area contributed by atoms with Crippen LogP contribution in [0.1, 0.15) is 23.2 Å². The molecule has 2 amide bonds. The monoisotopic (exact) mass is 326 g/mol. The molecule has 1 aliphatic heterocycles. The van der Waals surface area contributed by atoms with Crippen LogP contribution in [0.2, 0.25) is 0 Å². The summed E-state index contributed by atoms with van der Waals surface area (Å²) in [6, 6.07) is 6.49. The van der Waals surface area contributed by atoms with Crippen molar-refractivity contribution >= 4 is 17.6 Å². The van der Waals surface area contributed by atoms with Crippen LogP contribution < -0.4 is 5.32 Å². The third kappa shape index (κ3) is 3.51. The maximum atomic E-state index is 12.4. The zero-order valence-electron chi connectivity index (χ0n) is 13.1. The lowest BCUT2D eigenvalue weighted by Crippen LogP contribution is -2.41. The molecule has 0 bridgehead atoms. The van der Waals surface area contributed by atoms with E-state index in [1.807, 2.05) is 0 Å². The Hall–Kier alpha value is -2.96. The van der Waals surface area contributed by atoms with Crippen LogP contribution in [0.5, 0.6) is 5.75 Å². The van der Waals surface area contributed by atoms with Gasteiger partial charge < -0.3 is 15.3 Å². The number of rotatable bonds is 3. The van der Waals surface area contributed by atoms with Crippen molar-refractivity contribution in [2.75, 3.05) is 18.4 Å². The van der Waals surface area contributed by atoms with Crippen LogP contribution in [-0.2, 0) is 4.79 Å². The lowest BCUT2D eigenvalue weighted by atomic mass is 9.95. The van der Waals surface area contributed by atoms with Crippen LogP contribution in [0.25, 0.3) is 0 Å². The molecule has 0 unspecified atom stereocenters. The van der Waals surface area contributed by atoms with E-state index in [1.165, 1.54) is 18.5 Å². The number of likely N-dealkylation sites (tertiary alicyclic amines) is 1. The van der Waals surface area contributed by atoms with Crippen molar-refractivity contribution in [3.8, 4) is 5.75 Å². The Balaban J connectivity index is 1.57. The Morgan fingerprint density at radius 3 is 2.58 bits per heavy atom. The Labute approximate surface area is 139 Å². The fourth-order valence-corrected chi connectivity index (χ4v) is 2.76. The number of para-hydroxylation sites is 1. The number of carbonyl (C=O) groups excluding carboxylic acids is 2. The van der Waals surface area contributed by atoms with Gasteiger partial charge in [-0.25, -0.2) is 4.98 Å². The van der Waals surface area contributed by atoms with Crippen molar-refractivity contribution in [1.82, 2.24) is 14.9 Å². The molecule has 0 spiro atoms. The van der Waals surface area contributed by atoms with Crippen molar-refractivity contribution in [2.24, 2.45) is 5.92 Å². The Morgan fingerprint density at radius 1 is 1.17 bits per heavy atom. The predicted molar refractivity (Wildman–Crippen MR) is 87.4 cm³/mol. The average molecular weight is 326 g/mol. The fraction of sp³-hybridized carbons (Fsp3) is 0.294. The number of carbonyl (C=O) groups is 2. The first-order chi connectivity index (χ1) is 11.6. The molecule has 2 heterocycles. The number of hydrogen-bond donors (Lipinski definition) is 2. The van der Waals surface area contributed by atoms with Gasteiger partial charge in [0.1, 0.15) is 5.75 Å². The van der Waals surface area contributed by atoms with E-state index in [0.717, 1.165) is 0 Å². The molecule has 24 heavy (non-hydrogen) atoms. The standard InChI is InChI=1S/C17H18N4O3/c22-14-4-2-1-3-13(14)17(24)21-9-5-12(6-10-21)16(23)20-15-11-18-7-8-19-15/h1-4,7-8,11-12,22H,5-6,9-10H2,(H,19,20,23). The molecule has 1 saturated heterocycles. The first-order valence-corrected chi connectivity index (χ1v) is 7.79. The fourth-order valence-electron chi connectivity index (χ4n) is 2.76. The molecule has 0 atom stereocenters. The minimum Gasteiger partial charge on any atom is -0.507 e. The topological polar surface area (TPSA) is 95.4 Å². The molecular weight excluding hydrogens is 308 g/mol. The third-order valence-electron chi connectivity index (χ3n) is 4.10. The van der Waals surface area contributed by atoms with Crippen molar-refractivity contribution in [3.63, 3.8) is 0 Å². The molecule has 1 aromatic heterocycles. The Kier molecular flexibility index (Phi) is 4.69. The van der Waals surface area contributed by atoms with Crippen molar-refractivity contribution in [2.45, 2.75) is 12.8 Å². The van der Waals surface area contributed by atoms with Crippen molar-refractivity contribution < 1.29 is 14.7 Å². The first kappa shape index (κ1) is 15.9. The highest BCUT2D eigenvalue weighted by Gasteiger charge is 2.28. The first-order valence-electron chi connectivity index (χ1n) is 7.79. The second-order valence-electron chi connectivity index (χ2n) is 5.66. The van der Waals surface area contributed by atoms with Gasteiger partial charge in [-0.2, -0.15) is 0 Å². The number of benzene rings is 1. The number of phenolic OH excluding ortho intramolecular Hbond substituents is 1. The summed E-state index contributed by atoms with van der Waals surface area (Å²) in [7, 11) is 0. The smallest absolute Gasteiger partial charge is 0.257 e. The molecule has 2 aromatic rings. The largest absolute Gasteiger partial charge is 0.507 e. The minimum absolute atomic E-state index is 0.0231. The van der Waals surface area contributed by atoms with Gasteiger partial charge in [-0.3, -0.25) is 14.6 Å². The molecular formula is C17H18N4O3. The van der Waals surface area contributed by atoms with Crippen molar-refractivity contribution in [1.29, 1.82) is 0 Å². The molecule has 1 aliphatic rings. The summed E-state index contributed by atoms with van der Waals surface area (Å²) in [5.74, 6) is -0.0771. The van der Waals surface area contributed by atoms with E-state index in [1.54, 1.807) is 29.3 Å². The normalized spacial score (nSPS) is 15.1. The van der Waals surface area contributed by atoms with Crippen LogP contribution in [0.15, 0.2) is 42.9 Å². The summed E-state index contributed by atoms with van der Waals surface area (Å²) in [5, 5.41) is 12.5. The number of nitrogens with zero attached hydrogens (tertiary/aromatic N) is 3. The molecule has 124 valence electrons. The second-order valence-corrected chi connectivity index (χ2v) is 5.66. The number of anilines is 1. The van der Waals surface area contributed by atoms with Crippen LogP contribution in [0.4, 0.5) is 5.82 Å². The number of amides is 2. The van der Waals surface area contributed by atoms with Gasteiger partial charge in [-0.15, -0.1) is 0 Å². The molecule has 1 aromatic carbocycles. The van der Waals surface area contributed by atoms with Crippen molar-refractivity contribution in [3.05, 3.63) is 48.4 Å². The third-order valence-corrected chi connectivity index (χ3v) is 4.10. The zero-order valence-corrected chi connectivity index (χ0v) is 13.1. The van der Waals surface area contributed by atoms with Gasteiger partial charge in [-0.05, 0) is 25.0 Å². The molecule has 7 heteroatoms. The highest BCUT2D eigenvalue weighted by Crippen LogP contribution is 2.23. The van der Waals surface area contributed by atoms with Gasteiger partial charge in [0, 0.05) is 31.4 Å². The number of nitrogens with one attached hydrogen (secondary N) is 1. The van der Waals surface area contributed by atoms with E-state index in [9.17, 15) is 14.7 Å². The maximum absolute atomic E-state index is 12.4. The van der Waals surface area contributed by atoms with Crippen LogP contribution in [0, 0.1) is 5.92 Å². The predicted octanol–water partition coefficient (Wildman–Crippen LogP) is 1.67. The van der Waals surface area contributed by atoms with E-state index >= 15 is 0 Å². The van der Waals surface area contributed by atoms with Crippen LogP contribution >= 0.6 is 0 Å². The van der Waals surface area contributed by atoms with E-state index < -0.39 is 0 Å². The van der Waals surface area contributed by atoms with Gasteiger partial charge >= 0.3 is 0 Å². The summed E-state index contributed by atoms with van der Waals surface area (Å²) in [5.41, 5.74) is 0.292. The quantitative estimate of drug-likeness (QED) is 0.894. The molecule has 0 radical (unpaired) electrons. The summed E-state index contributed by atoms with van der Waals surface area (Å²) < 4.78 is 0. The molecule has 0 aliphatic carbocycles. The summed E-state index contributed by atoms with van der Waals surface area (Å²) >= 11 is 0. The van der Waals surface area contributed by atoms with Crippen LogP contribution in [-0.4, -0.2) is 44.9 Å². The number of piperidine rings is 1. The number of aromatic hydroxyl groups is 1. The Bertz CT molecular complexity index is 728. The van der Waals surface area contributed by atoms with E-state index in [-0.39, 0.29) is 23.5 Å². The summed E-state index contributed by atoms with van der Waals surface area (Å²) in [6.45, 7) is 0.956. The summed E-state index contributed by atoms with van der Waals surface area (Å²) in [4.78, 5) is 34.3. The number of hydrogen-bond acceptors (Lipinski definition) is 5. The maximum Gasteiger partial charge on any atom is 0.257 e. The van der Waals surface area contributed by atoms with Gasteiger partial charge in [0.2, 0.25) is 5.91 Å².